The number of rotatable bonds is 6. The highest BCUT2D eigenvalue weighted by molar-refractivity contribution is 9.10. The number of benzene rings is 3. The summed E-state index contributed by atoms with van der Waals surface area (Å²) in [5.74, 6) is -0.492. The van der Waals surface area contributed by atoms with Crippen LogP contribution in [-0.4, -0.2) is 55.2 Å². The van der Waals surface area contributed by atoms with E-state index in [0.29, 0.717) is 40.3 Å². The summed E-state index contributed by atoms with van der Waals surface area (Å²) in [5, 5.41) is 0. The highest BCUT2D eigenvalue weighted by atomic mass is 79.9. The van der Waals surface area contributed by atoms with E-state index in [0.717, 1.165) is 5.56 Å². The Morgan fingerprint density at radius 3 is 2.59 bits per heavy atom. The van der Waals surface area contributed by atoms with E-state index in [1.165, 1.54) is 35.0 Å². The van der Waals surface area contributed by atoms with Crippen molar-refractivity contribution in [2.75, 3.05) is 33.5 Å². The number of nitrogens with zero attached hydrogens (tertiary/aromatic N) is 2. The number of fused-ring (bicyclic) bond motifs is 1. The monoisotopic (exact) mass is 600 g/mol. The molecule has 0 radical (unpaired) electrons. The molecule has 3 aromatic rings. The molecule has 1 saturated heterocycles. The van der Waals surface area contributed by atoms with E-state index in [2.05, 4.69) is 15.9 Å². The third-order valence-electron chi connectivity index (χ3n) is 7.08. The van der Waals surface area contributed by atoms with E-state index in [1.54, 1.807) is 42.5 Å². The van der Waals surface area contributed by atoms with Crippen molar-refractivity contribution in [1.29, 1.82) is 0 Å². The second-order valence-corrected chi connectivity index (χ2v) is 10.6. The average molecular weight is 601 g/mol. The van der Waals surface area contributed by atoms with Crippen LogP contribution in [0.1, 0.15) is 23.5 Å². The van der Waals surface area contributed by atoms with Gasteiger partial charge in [-0.2, -0.15) is 0 Å². The quantitative estimate of drug-likeness (QED) is 0.367. The molecule has 7 nitrogen and oxygen atoms in total. The molecule has 1 fully saturated rings. The summed E-state index contributed by atoms with van der Waals surface area (Å²) in [7, 11) is 1.48. The number of carbonyl (C=O) groups is 2. The Kier molecular flexibility index (Phi) is 8.02. The van der Waals surface area contributed by atoms with Crippen LogP contribution in [0.5, 0.6) is 17.2 Å². The zero-order valence-corrected chi connectivity index (χ0v) is 22.8. The highest BCUT2D eigenvalue weighted by Gasteiger charge is 2.36. The molecule has 3 aromatic carbocycles. The molecule has 0 aliphatic carbocycles. The first-order valence-corrected chi connectivity index (χ1v) is 13.3. The van der Waals surface area contributed by atoms with Crippen molar-refractivity contribution < 1.29 is 32.6 Å². The van der Waals surface area contributed by atoms with Crippen LogP contribution >= 0.6 is 15.9 Å². The van der Waals surface area contributed by atoms with Gasteiger partial charge >= 0.3 is 11.8 Å². The second-order valence-electron chi connectivity index (χ2n) is 9.68. The first-order valence-electron chi connectivity index (χ1n) is 12.5. The van der Waals surface area contributed by atoms with Crippen LogP contribution in [-0.2, 0) is 16.1 Å². The highest BCUT2D eigenvalue weighted by Crippen LogP contribution is 2.37. The summed E-state index contributed by atoms with van der Waals surface area (Å²) in [4.78, 5) is 29.0. The lowest BCUT2D eigenvalue weighted by atomic mass is 9.80. The number of hydrogen-bond donors (Lipinski definition) is 0. The van der Waals surface area contributed by atoms with Gasteiger partial charge in [0.2, 0.25) is 6.79 Å². The minimum Gasteiger partial charge on any atom is -0.493 e. The number of carbonyl (C=O) groups excluding carboxylic acids is 2. The Bertz CT molecular complexity index is 1370. The molecule has 2 amide bonds. The Morgan fingerprint density at radius 2 is 1.82 bits per heavy atom. The number of halogens is 3. The zero-order chi connectivity index (χ0) is 27.5. The van der Waals surface area contributed by atoms with Crippen LogP contribution in [0.2, 0.25) is 0 Å². The Balaban J connectivity index is 1.29. The van der Waals surface area contributed by atoms with Crippen molar-refractivity contribution in [3.63, 3.8) is 0 Å². The van der Waals surface area contributed by atoms with Gasteiger partial charge in [0, 0.05) is 48.7 Å². The second kappa shape index (κ2) is 11.6. The van der Waals surface area contributed by atoms with Gasteiger partial charge in [-0.3, -0.25) is 9.59 Å². The first kappa shape index (κ1) is 26.9. The van der Waals surface area contributed by atoms with Gasteiger partial charge in [0.15, 0.2) is 11.5 Å². The van der Waals surface area contributed by atoms with Gasteiger partial charge in [-0.15, -0.1) is 0 Å². The van der Waals surface area contributed by atoms with E-state index in [9.17, 15) is 18.4 Å². The molecule has 0 bridgehead atoms. The summed E-state index contributed by atoms with van der Waals surface area (Å²) in [6.45, 7) is 1.01. The van der Waals surface area contributed by atoms with Crippen molar-refractivity contribution in [1.82, 2.24) is 9.80 Å². The van der Waals surface area contributed by atoms with E-state index in [4.69, 9.17) is 14.2 Å². The molecule has 5 rings (SSSR count). The van der Waals surface area contributed by atoms with Crippen LogP contribution in [0.3, 0.4) is 0 Å². The molecule has 39 heavy (non-hydrogen) atoms. The molecule has 2 atom stereocenters. The topological polar surface area (TPSA) is 68.3 Å². The summed E-state index contributed by atoms with van der Waals surface area (Å²) in [5.41, 5.74) is 1.25. The third kappa shape index (κ3) is 6.16. The summed E-state index contributed by atoms with van der Waals surface area (Å²) in [6.07, 6.45) is 0.574. The standard InChI is InChI=1S/C29H27BrF2N2O5/c1-33(14-19-2-5-21(30)12-25(19)32)28(35)29(36)34-11-10-24(18-3-6-22(31)7-4-18)20(15-34)16-37-23-8-9-26-27(13-23)39-17-38-26/h2-9,12-13,20,24H,10-11,14-17H2,1H3/t20-,24-/m0/s1. The van der Waals surface area contributed by atoms with Gasteiger partial charge < -0.3 is 24.0 Å². The number of hydrogen-bond acceptors (Lipinski definition) is 5. The molecule has 2 aliphatic rings. The summed E-state index contributed by atoms with van der Waals surface area (Å²) < 4.78 is 45.4. The van der Waals surface area contributed by atoms with E-state index >= 15 is 0 Å². The maximum absolute atomic E-state index is 14.3. The lowest BCUT2D eigenvalue weighted by molar-refractivity contribution is -0.152. The number of piperidine rings is 1. The number of amides is 2. The SMILES string of the molecule is CN(Cc1ccc(Br)cc1F)C(=O)C(=O)N1CC[C@@H](c2ccc(F)cc2)[C@H](COc2ccc3c(c2)OCO3)C1. The van der Waals surface area contributed by atoms with Crippen LogP contribution in [0, 0.1) is 17.6 Å². The Labute approximate surface area is 233 Å². The molecule has 0 spiro atoms. The molecule has 2 aliphatic heterocycles. The maximum atomic E-state index is 14.3. The average Bonchev–Trinajstić information content (AvgIpc) is 3.41. The number of ether oxygens (including phenoxy) is 3. The predicted molar refractivity (Wildman–Crippen MR) is 142 cm³/mol. The fourth-order valence-corrected chi connectivity index (χ4v) is 5.31. The fourth-order valence-electron chi connectivity index (χ4n) is 4.98. The van der Waals surface area contributed by atoms with Crippen LogP contribution < -0.4 is 14.2 Å². The summed E-state index contributed by atoms with van der Waals surface area (Å²) in [6, 6.07) is 16.2. The largest absolute Gasteiger partial charge is 0.493 e. The minimum absolute atomic E-state index is 0.00615. The van der Waals surface area contributed by atoms with E-state index in [1.807, 2.05) is 0 Å². The van der Waals surface area contributed by atoms with E-state index < -0.39 is 17.6 Å². The minimum atomic E-state index is -0.715. The molecule has 0 unspecified atom stereocenters. The van der Waals surface area contributed by atoms with E-state index in [-0.39, 0.29) is 44.1 Å². The molecule has 0 N–H and O–H groups in total. The molecule has 2 heterocycles. The molecule has 0 aromatic heterocycles. The Hall–Kier alpha value is -3.66. The zero-order valence-electron chi connectivity index (χ0n) is 21.2. The van der Waals surface area contributed by atoms with Gasteiger partial charge in [-0.25, -0.2) is 8.78 Å². The fraction of sp³-hybridized carbons (Fsp3) is 0.310. The molecule has 0 saturated carbocycles. The van der Waals surface area contributed by atoms with Gasteiger partial charge in [-0.05, 0) is 54.3 Å². The smallest absolute Gasteiger partial charge is 0.312 e. The number of likely N-dealkylation sites (tertiary alicyclic amines) is 1. The third-order valence-corrected chi connectivity index (χ3v) is 7.57. The van der Waals surface area contributed by atoms with Crippen molar-refractivity contribution >= 4 is 27.7 Å². The van der Waals surface area contributed by atoms with Gasteiger partial charge in [-0.1, -0.05) is 34.1 Å². The van der Waals surface area contributed by atoms with Crippen LogP contribution in [0.4, 0.5) is 8.78 Å². The molecular formula is C29H27BrF2N2O5. The first-order chi connectivity index (χ1) is 18.8. The van der Waals surface area contributed by atoms with Crippen molar-refractivity contribution in [3.05, 3.63) is 87.9 Å². The van der Waals surface area contributed by atoms with Crippen LogP contribution in [0.15, 0.2) is 65.1 Å². The van der Waals surface area contributed by atoms with Crippen molar-refractivity contribution in [2.45, 2.75) is 18.9 Å². The van der Waals surface area contributed by atoms with Gasteiger partial charge in [0.1, 0.15) is 17.4 Å². The summed E-state index contributed by atoms with van der Waals surface area (Å²) >= 11 is 3.22. The lowest BCUT2D eigenvalue weighted by Gasteiger charge is -2.39. The molecule has 10 heteroatoms. The molecule has 204 valence electrons. The molecular weight excluding hydrogens is 574 g/mol. The normalized spacial score (nSPS) is 18.1. The van der Waals surface area contributed by atoms with Gasteiger partial charge in [0.05, 0.1) is 6.61 Å². The van der Waals surface area contributed by atoms with Crippen LogP contribution in [0.25, 0.3) is 0 Å². The number of likely N-dealkylation sites (N-methyl/N-ethyl adjacent to an activating group) is 1. The van der Waals surface area contributed by atoms with Crippen molar-refractivity contribution in [3.8, 4) is 17.2 Å². The maximum Gasteiger partial charge on any atom is 0.312 e. The Morgan fingerprint density at radius 1 is 1.05 bits per heavy atom. The predicted octanol–water partition coefficient (Wildman–Crippen LogP) is 5.13. The van der Waals surface area contributed by atoms with Gasteiger partial charge in [0.25, 0.3) is 0 Å². The lowest BCUT2D eigenvalue weighted by Crippen LogP contribution is -2.50. The van der Waals surface area contributed by atoms with Crippen molar-refractivity contribution in [2.24, 2.45) is 5.92 Å².